The van der Waals surface area contributed by atoms with Crippen molar-refractivity contribution in [2.24, 2.45) is 0 Å². The monoisotopic (exact) mass is 414 g/mol. The summed E-state index contributed by atoms with van der Waals surface area (Å²) in [4.78, 5) is 24.7. The molecule has 2 aromatic heterocycles. The van der Waals surface area contributed by atoms with E-state index in [1.807, 2.05) is 11.8 Å². The molecule has 4 rings (SSSR count). The summed E-state index contributed by atoms with van der Waals surface area (Å²) in [5.74, 6) is -0.551. The predicted molar refractivity (Wildman–Crippen MR) is 106 cm³/mol. The van der Waals surface area contributed by atoms with Gasteiger partial charge in [0, 0.05) is 49.6 Å². The third kappa shape index (κ3) is 3.93. The predicted octanol–water partition coefficient (Wildman–Crippen LogP) is 3.38. The van der Waals surface area contributed by atoms with E-state index in [9.17, 15) is 13.6 Å². The summed E-state index contributed by atoms with van der Waals surface area (Å²) in [6.45, 7) is 5.56. The highest BCUT2D eigenvalue weighted by molar-refractivity contribution is 5.88. The van der Waals surface area contributed by atoms with Crippen LogP contribution in [0.5, 0.6) is 0 Å². The van der Waals surface area contributed by atoms with Crippen LogP contribution >= 0.6 is 0 Å². The lowest BCUT2D eigenvalue weighted by atomic mass is 10.1. The second-order valence-corrected chi connectivity index (χ2v) is 6.99. The van der Waals surface area contributed by atoms with E-state index in [2.05, 4.69) is 20.4 Å². The summed E-state index contributed by atoms with van der Waals surface area (Å²) in [6, 6.07) is 4.68. The Kier molecular flexibility index (Phi) is 5.30. The third-order valence-electron chi connectivity index (χ3n) is 5.08. The molecule has 156 valence electrons. The minimum Gasteiger partial charge on any atom is -0.338 e. The quantitative estimate of drug-likeness (QED) is 0.707. The van der Waals surface area contributed by atoms with Crippen LogP contribution in [0, 0.1) is 25.5 Å². The maximum Gasteiger partial charge on any atom is 0.324 e. The summed E-state index contributed by atoms with van der Waals surface area (Å²) in [5, 5.41) is 6.56. The van der Waals surface area contributed by atoms with Gasteiger partial charge in [-0.25, -0.2) is 23.5 Å². The SMILES string of the molecule is Cc1noc(NC(=O)N2CCN(c3nccc(-c4ccc(F)cc4F)n3)CC2)c1C. The van der Waals surface area contributed by atoms with Gasteiger partial charge in [0.05, 0.1) is 11.4 Å². The number of anilines is 2. The van der Waals surface area contributed by atoms with Crippen molar-refractivity contribution in [2.45, 2.75) is 13.8 Å². The Bertz CT molecular complexity index is 1080. The highest BCUT2D eigenvalue weighted by Gasteiger charge is 2.24. The second-order valence-electron chi connectivity index (χ2n) is 6.99. The lowest BCUT2D eigenvalue weighted by molar-refractivity contribution is 0.207. The first-order valence-electron chi connectivity index (χ1n) is 9.44. The van der Waals surface area contributed by atoms with Crippen LogP contribution in [0.2, 0.25) is 0 Å². The number of urea groups is 1. The van der Waals surface area contributed by atoms with E-state index >= 15 is 0 Å². The number of nitrogens with zero attached hydrogens (tertiary/aromatic N) is 5. The van der Waals surface area contributed by atoms with Gasteiger partial charge in [-0.2, -0.15) is 0 Å². The summed E-state index contributed by atoms with van der Waals surface area (Å²) >= 11 is 0. The molecular formula is C20H20F2N6O2. The fourth-order valence-electron chi connectivity index (χ4n) is 3.17. The van der Waals surface area contributed by atoms with Crippen LogP contribution in [-0.4, -0.2) is 52.2 Å². The van der Waals surface area contributed by atoms with Crippen LogP contribution in [0.25, 0.3) is 11.3 Å². The van der Waals surface area contributed by atoms with Crippen LogP contribution in [0.3, 0.4) is 0 Å². The molecule has 3 aromatic rings. The number of carbonyl (C=O) groups is 1. The normalized spacial score (nSPS) is 14.1. The molecule has 1 saturated heterocycles. The van der Waals surface area contributed by atoms with Crippen LogP contribution < -0.4 is 10.2 Å². The average molecular weight is 414 g/mol. The smallest absolute Gasteiger partial charge is 0.324 e. The van der Waals surface area contributed by atoms with Crippen molar-refractivity contribution in [3.8, 4) is 11.3 Å². The van der Waals surface area contributed by atoms with E-state index in [4.69, 9.17) is 4.52 Å². The Hall–Kier alpha value is -3.56. The Morgan fingerprint density at radius 3 is 2.57 bits per heavy atom. The summed E-state index contributed by atoms with van der Waals surface area (Å²) < 4.78 is 32.4. The number of hydrogen-bond acceptors (Lipinski definition) is 6. The maximum atomic E-state index is 14.1. The molecule has 0 spiro atoms. The standard InChI is InChI=1S/C20H20F2N6O2/c1-12-13(2)26-30-18(12)25-20(29)28-9-7-27(8-10-28)19-23-6-5-17(24-19)15-4-3-14(21)11-16(15)22/h3-6,11H,7-10H2,1-2H3,(H,25,29). The number of piperazine rings is 1. The van der Waals surface area contributed by atoms with Crippen LogP contribution in [0.4, 0.5) is 25.4 Å². The number of amides is 2. The summed E-state index contributed by atoms with van der Waals surface area (Å²) in [6.07, 6.45) is 1.54. The molecule has 2 amide bonds. The summed E-state index contributed by atoms with van der Waals surface area (Å²) in [7, 11) is 0. The highest BCUT2D eigenvalue weighted by atomic mass is 19.1. The van der Waals surface area contributed by atoms with Gasteiger partial charge in [-0.05, 0) is 32.0 Å². The van der Waals surface area contributed by atoms with Crippen molar-refractivity contribution in [3.05, 3.63) is 53.4 Å². The molecule has 1 N–H and O–H groups in total. The molecule has 1 aliphatic heterocycles. The van der Waals surface area contributed by atoms with E-state index in [0.29, 0.717) is 43.7 Å². The van der Waals surface area contributed by atoms with Crippen LogP contribution in [0.1, 0.15) is 11.3 Å². The van der Waals surface area contributed by atoms with E-state index in [-0.39, 0.29) is 11.6 Å². The molecule has 1 aromatic carbocycles. The third-order valence-corrected chi connectivity index (χ3v) is 5.08. The fraction of sp³-hybridized carbons (Fsp3) is 0.300. The molecule has 1 fully saturated rings. The molecule has 10 heteroatoms. The molecule has 0 radical (unpaired) electrons. The van der Waals surface area contributed by atoms with Gasteiger partial charge in [-0.3, -0.25) is 5.32 Å². The van der Waals surface area contributed by atoms with E-state index < -0.39 is 11.6 Å². The zero-order valence-corrected chi connectivity index (χ0v) is 16.5. The Balaban J connectivity index is 1.42. The molecular weight excluding hydrogens is 394 g/mol. The fourth-order valence-corrected chi connectivity index (χ4v) is 3.17. The van der Waals surface area contributed by atoms with Crippen molar-refractivity contribution in [1.29, 1.82) is 0 Å². The number of halogens is 2. The van der Waals surface area contributed by atoms with Gasteiger partial charge < -0.3 is 14.3 Å². The maximum absolute atomic E-state index is 14.1. The lowest BCUT2D eigenvalue weighted by Gasteiger charge is -2.34. The van der Waals surface area contributed by atoms with Crippen LogP contribution in [-0.2, 0) is 0 Å². The number of aryl methyl sites for hydroxylation is 1. The summed E-state index contributed by atoms with van der Waals surface area (Å²) in [5.41, 5.74) is 2.09. The number of hydrogen-bond donors (Lipinski definition) is 1. The zero-order chi connectivity index (χ0) is 21.3. The topological polar surface area (TPSA) is 87.4 Å². The molecule has 0 saturated carbocycles. The molecule has 0 aliphatic carbocycles. The Morgan fingerprint density at radius 2 is 1.90 bits per heavy atom. The zero-order valence-electron chi connectivity index (χ0n) is 16.5. The minimum atomic E-state index is -0.681. The number of carbonyl (C=O) groups excluding carboxylic acids is 1. The molecule has 0 unspecified atom stereocenters. The van der Waals surface area contributed by atoms with Gasteiger partial charge in [0.2, 0.25) is 11.8 Å². The van der Waals surface area contributed by atoms with Crippen molar-refractivity contribution >= 4 is 17.9 Å². The lowest BCUT2D eigenvalue weighted by Crippen LogP contribution is -2.50. The number of aromatic nitrogens is 3. The van der Waals surface area contributed by atoms with Gasteiger partial charge >= 0.3 is 6.03 Å². The van der Waals surface area contributed by atoms with Gasteiger partial charge in [0.25, 0.3) is 0 Å². The minimum absolute atomic E-state index is 0.204. The number of benzene rings is 1. The first kappa shape index (κ1) is 19.7. The van der Waals surface area contributed by atoms with Crippen molar-refractivity contribution in [2.75, 3.05) is 36.4 Å². The molecule has 8 nitrogen and oxygen atoms in total. The van der Waals surface area contributed by atoms with Gasteiger partial charge in [-0.1, -0.05) is 5.16 Å². The van der Waals surface area contributed by atoms with Crippen molar-refractivity contribution < 1.29 is 18.1 Å². The van der Waals surface area contributed by atoms with E-state index in [0.717, 1.165) is 17.3 Å². The van der Waals surface area contributed by atoms with Crippen LogP contribution in [0.15, 0.2) is 35.0 Å². The largest absolute Gasteiger partial charge is 0.338 e. The highest BCUT2D eigenvalue weighted by Crippen LogP contribution is 2.24. The molecule has 0 atom stereocenters. The molecule has 30 heavy (non-hydrogen) atoms. The van der Waals surface area contributed by atoms with E-state index in [1.54, 1.807) is 17.9 Å². The molecule has 3 heterocycles. The Morgan fingerprint density at radius 1 is 1.13 bits per heavy atom. The first-order chi connectivity index (χ1) is 14.4. The average Bonchev–Trinajstić information content (AvgIpc) is 3.06. The van der Waals surface area contributed by atoms with Gasteiger partial charge in [0.1, 0.15) is 11.6 Å². The Labute approximate surface area is 171 Å². The van der Waals surface area contributed by atoms with Crippen molar-refractivity contribution in [3.63, 3.8) is 0 Å². The van der Waals surface area contributed by atoms with Gasteiger partial charge in [0.15, 0.2) is 0 Å². The van der Waals surface area contributed by atoms with Crippen molar-refractivity contribution in [1.82, 2.24) is 20.0 Å². The van der Waals surface area contributed by atoms with E-state index in [1.165, 1.54) is 18.3 Å². The molecule has 1 aliphatic rings. The first-order valence-corrected chi connectivity index (χ1v) is 9.44. The number of rotatable bonds is 3. The van der Waals surface area contributed by atoms with Gasteiger partial charge in [-0.15, -0.1) is 0 Å². The second kappa shape index (κ2) is 8.05. The number of nitrogens with one attached hydrogen (secondary N) is 1. The molecule has 0 bridgehead atoms.